The molecule has 10 heteroatoms. The summed E-state index contributed by atoms with van der Waals surface area (Å²) in [7, 11) is 0. The maximum absolute atomic E-state index is 11.5. The first-order valence-corrected chi connectivity index (χ1v) is 9.56. The van der Waals surface area contributed by atoms with Crippen molar-refractivity contribution in [1.29, 1.82) is 0 Å². The summed E-state index contributed by atoms with van der Waals surface area (Å²) in [6.45, 7) is 0. The molecular weight excluding hydrogens is 423 g/mol. The van der Waals surface area contributed by atoms with Gasteiger partial charge in [-0.2, -0.15) is 5.10 Å². The van der Waals surface area contributed by atoms with Gasteiger partial charge in [-0.3, -0.25) is 16.1 Å². The minimum absolute atomic E-state index is 0.0110. The van der Waals surface area contributed by atoms with Crippen molar-refractivity contribution in [1.82, 2.24) is 4.98 Å². The lowest BCUT2D eigenvalue weighted by atomic mass is 10.1. The lowest BCUT2D eigenvalue weighted by Crippen LogP contribution is -2.18. The number of para-hydroxylation sites is 1. The van der Waals surface area contributed by atoms with Crippen LogP contribution in [0.3, 0.4) is 0 Å². The molecule has 2 aromatic carbocycles. The summed E-state index contributed by atoms with van der Waals surface area (Å²) >= 11 is 13.2. The van der Waals surface area contributed by atoms with Gasteiger partial charge < -0.3 is 5.11 Å². The van der Waals surface area contributed by atoms with Gasteiger partial charge in [0.1, 0.15) is 5.71 Å². The first-order valence-electron chi connectivity index (χ1n) is 7.92. The zero-order chi connectivity index (χ0) is 20.1. The summed E-state index contributed by atoms with van der Waals surface area (Å²) in [6.07, 6.45) is 0.0110. The van der Waals surface area contributed by atoms with Crippen LogP contribution in [-0.2, 0) is 11.2 Å². The van der Waals surface area contributed by atoms with Gasteiger partial charge in [-0.1, -0.05) is 47.5 Å². The summed E-state index contributed by atoms with van der Waals surface area (Å²) in [5.41, 5.74) is 7.02. The second-order valence-electron chi connectivity index (χ2n) is 5.59. The Balaban J connectivity index is 1.78. The predicted molar refractivity (Wildman–Crippen MR) is 112 cm³/mol. The monoisotopic (exact) mass is 436 g/mol. The number of hydrogen-bond donors (Lipinski definition) is 4. The summed E-state index contributed by atoms with van der Waals surface area (Å²) < 4.78 is 0. The molecule has 0 spiro atoms. The molecule has 0 aliphatic rings. The summed E-state index contributed by atoms with van der Waals surface area (Å²) in [5, 5.41) is 25.6. The highest BCUT2D eigenvalue weighted by Crippen LogP contribution is 2.30. The number of nitrogens with zero attached hydrogens (tertiary/aromatic N) is 2. The second-order valence-corrected chi connectivity index (χ2v) is 7.26. The third-order valence-corrected chi connectivity index (χ3v) is 5.23. The molecule has 0 fully saturated rings. The molecule has 3 aromatic rings. The highest BCUT2D eigenvalue weighted by atomic mass is 35.5. The van der Waals surface area contributed by atoms with Crippen molar-refractivity contribution in [3.63, 3.8) is 0 Å². The van der Waals surface area contributed by atoms with Crippen LogP contribution in [0.4, 0.5) is 10.8 Å². The van der Waals surface area contributed by atoms with Crippen LogP contribution in [0.5, 0.6) is 0 Å². The molecule has 0 unspecified atom stereocenters. The summed E-state index contributed by atoms with van der Waals surface area (Å²) in [5.74, 6) is -1.18. The van der Waals surface area contributed by atoms with Gasteiger partial charge in [-0.25, -0.2) is 9.78 Å². The van der Waals surface area contributed by atoms with E-state index in [2.05, 4.69) is 15.5 Å². The Morgan fingerprint density at radius 3 is 2.68 bits per heavy atom. The number of carboxylic acid groups (broad SMARTS) is 1. The Bertz CT molecular complexity index is 1040. The fourth-order valence-electron chi connectivity index (χ4n) is 2.36. The standard InChI is InChI=1S/C18H14Cl2N4O3S/c19-12-6-5-11(7-13(12)20)16-9-28-18(21-16)23-22-15(17(25)26)8-10-3-1-2-4-14(10)24-27/h1-7,9,24,27H,8H2,(H,21,23)(H,25,26)/b22-15+. The number of anilines is 2. The number of thiazole rings is 1. The third kappa shape index (κ3) is 4.79. The zero-order valence-corrected chi connectivity index (χ0v) is 16.5. The molecule has 0 saturated carbocycles. The van der Waals surface area contributed by atoms with Crippen LogP contribution in [-0.4, -0.2) is 27.0 Å². The molecule has 0 radical (unpaired) electrons. The molecule has 0 amide bonds. The van der Waals surface area contributed by atoms with Gasteiger partial charge in [0.05, 0.1) is 21.4 Å². The number of carboxylic acids is 1. The van der Waals surface area contributed by atoms with Gasteiger partial charge in [0, 0.05) is 17.4 Å². The molecular formula is C18H14Cl2N4O3S. The van der Waals surface area contributed by atoms with E-state index in [4.69, 9.17) is 28.4 Å². The number of aliphatic carboxylic acids is 1. The molecule has 0 atom stereocenters. The Kier molecular flexibility index (Phi) is 6.48. The van der Waals surface area contributed by atoms with Crippen LogP contribution < -0.4 is 10.9 Å². The van der Waals surface area contributed by atoms with E-state index in [9.17, 15) is 9.90 Å². The fraction of sp³-hybridized carbons (Fsp3) is 0.0556. The number of aromatic nitrogens is 1. The minimum Gasteiger partial charge on any atom is -0.477 e. The van der Waals surface area contributed by atoms with E-state index < -0.39 is 5.97 Å². The third-order valence-electron chi connectivity index (χ3n) is 3.75. The Morgan fingerprint density at radius 1 is 1.18 bits per heavy atom. The van der Waals surface area contributed by atoms with Crippen LogP contribution >= 0.6 is 34.5 Å². The van der Waals surface area contributed by atoms with E-state index in [0.29, 0.717) is 32.1 Å². The highest BCUT2D eigenvalue weighted by molar-refractivity contribution is 7.14. The molecule has 1 heterocycles. The van der Waals surface area contributed by atoms with Gasteiger partial charge in [-0.15, -0.1) is 11.3 Å². The number of nitrogens with one attached hydrogen (secondary N) is 2. The van der Waals surface area contributed by atoms with Crippen molar-refractivity contribution in [2.75, 3.05) is 10.9 Å². The first kappa shape index (κ1) is 20.1. The zero-order valence-electron chi connectivity index (χ0n) is 14.2. The van der Waals surface area contributed by atoms with E-state index in [1.165, 1.54) is 11.3 Å². The minimum atomic E-state index is -1.18. The summed E-state index contributed by atoms with van der Waals surface area (Å²) in [4.78, 5) is 15.9. The molecule has 28 heavy (non-hydrogen) atoms. The number of hydrazone groups is 1. The average Bonchev–Trinajstić information content (AvgIpc) is 3.16. The molecule has 1 aromatic heterocycles. The molecule has 4 N–H and O–H groups in total. The van der Waals surface area contributed by atoms with Gasteiger partial charge in [0.15, 0.2) is 0 Å². The normalized spacial score (nSPS) is 11.3. The van der Waals surface area contributed by atoms with Crippen LogP contribution in [0.15, 0.2) is 52.9 Å². The first-order chi connectivity index (χ1) is 13.5. The second kappa shape index (κ2) is 9.03. The molecule has 144 valence electrons. The van der Waals surface area contributed by atoms with E-state index >= 15 is 0 Å². The fourth-order valence-corrected chi connectivity index (χ4v) is 3.31. The molecule has 0 saturated heterocycles. The van der Waals surface area contributed by atoms with Gasteiger partial charge in [-0.05, 0) is 23.8 Å². The molecule has 7 nitrogen and oxygen atoms in total. The van der Waals surface area contributed by atoms with Crippen LogP contribution in [0.2, 0.25) is 10.0 Å². The maximum atomic E-state index is 11.5. The molecule has 0 aliphatic heterocycles. The van der Waals surface area contributed by atoms with Gasteiger partial charge >= 0.3 is 5.97 Å². The van der Waals surface area contributed by atoms with Crippen molar-refractivity contribution in [3.05, 3.63) is 63.5 Å². The van der Waals surface area contributed by atoms with E-state index in [1.807, 2.05) is 5.48 Å². The molecule has 0 aliphatic carbocycles. The smallest absolute Gasteiger partial charge is 0.352 e. The number of halogens is 2. The number of hydrogen-bond acceptors (Lipinski definition) is 7. The highest BCUT2D eigenvalue weighted by Gasteiger charge is 2.14. The SMILES string of the molecule is O=C(O)/C(Cc1ccccc1NO)=N/Nc1nc(-c2ccc(Cl)c(Cl)c2)cs1. The van der Waals surface area contributed by atoms with Crippen molar-refractivity contribution < 1.29 is 15.1 Å². The average molecular weight is 437 g/mol. The van der Waals surface area contributed by atoms with Crippen molar-refractivity contribution >= 4 is 57.0 Å². The van der Waals surface area contributed by atoms with Crippen LogP contribution in [0, 0.1) is 0 Å². The lowest BCUT2D eigenvalue weighted by Gasteiger charge is -2.07. The van der Waals surface area contributed by atoms with Crippen LogP contribution in [0.25, 0.3) is 11.3 Å². The molecule has 0 bridgehead atoms. The maximum Gasteiger partial charge on any atom is 0.352 e. The van der Waals surface area contributed by atoms with E-state index in [1.54, 1.807) is 47.8 Å². The van der Waals surface area contributed by atoms with Crippen molar-refractivity contribution in [2.24, 2.45) is 5.10 Å². The van der Waals surface area contributed by atoms with E-state index in [0.717, 1.165) is 5.56 Å². The summed E-state index contributed by atoms with van der Waals surface area (Å²) in [6, 6.07) is 12.0. The number of rotatable bonds is 7. The Hall–Kier alpha value is -2.65. The van der Waals surface area contributed by atoms with E-state index in [-0.39, 0.29) is 12.1 Å². The number of benzene rings is 2. The van der Waals surface area contributed by atoms with Gasteiger partial charge in [0.2, 0.25) is 5.13 Å². The van der Waals surface area contributed by atoms with Crippen LogP contribution in [0.1, 0.15) is 5.56 Å². The quantitative estimate of drug-likeness (QED) is 0.306. The largest absolute Gasteiger partial charge is 0.477 e. The van der Waals surface area contributed by atoms with Gasteiger partial charge in [0.25, 0.3) is 0 Å². The number of carbonyl (C=O) groups is 1. The molecule has 3 rings (SSSR count). The van der Waals surface area contributed by atoms with Crippen molar-refractivity contribution in [2.45, 2.75) is 6.42 Å². The predicted octanol–water partition coefficient (Wildman–Crippen LogP) is 5.01. The lowest BCUT2D eigenvalue weighted by molar-refractivity contribution is -0.129. The topological polar surface area (TPSA) is 107 Å². The van der Waals surface area contributed by atoms with Crippen molar-refractivity contribution in [3.8, 4) is 11.3 Å². The Labute approximate surface area is 174 Å². The Morgan fingerprint density at radius 2 is 1.96 bits per heavy atom.